The van der Waals surface area contributed by atoms with Crippen LogP contribution in [0.3, 0.4) is 0 Å². The number of anilines is 1. The zero-order chi connectivity index (χ0) is 31.6. The number of halogens is 6. The number of para-hydroxylation sites is 2. The summed E-state index contributed by atoms with van der Waals surface area (Å²) in [5.74, 6) is -0.00938. The summed E-state index contributed by atoms with van der Waals surface area (Å²) in [7, 11) is 1.32. The van der Waals surface area contributed by atoms with Crippen LogP contribution in [0.5, 0.6) is 17.2 Å². The molecule has 0 spiro atoms. The van der Waals surface area contributed by atoms with Gasteiger partial charge in [-0.2, -0.15) is 31.3 Å². The Morgan fingerprint density at radius 2 is 1.61 bits per heavy atom. The van der Waals surface area contributed by atoms with Gasteiger partial charge >= 0.3 is 12.4 Å². The molecule has 2 heterocycles. The Bertz CT molecular complexity index is 1610. The van der Waals surface area contributed by atoms with Crippen molar-refractivity contribution >= 4 is 34.6 Å². The second-order valence-corrected chi connectivity index (χ2v) is 10.8. The topological polar surface area (TPSA) is 74.6 Å². The number of piperazine rings is 1. The lowest BCUT2D eigenvalue weighted by atomic mass is 10.0. The van der Waals surface area contributed by atoms with E-state index in [4.69, 9.17) is 9.47 Å². The highest BCUT2D eigenvalue weighted by atomic mass is 32.2. The highest BCUT2D eigenvalue weighted by Gasteiger charge is 2.38. The molecule has 44 heavy (non-hydrogen) atoms. The Kier molecular flexibility index (Phi) is 8.73. The molecule has 0 radical (unpaired) electrons. The number of phenolic OH excluding ortho intramolecular Hbond substituents is 1. The van der Waals surface area contributed by atoms with Crippen LogP contribution >= 0.6 is 11.8 Å². The molecule has 1 amide bonds. The number of ether oxygens (including phenoxy) is 2. The van der Waals surface area contributed by atoms with Crippen molar-refractivity contribution in [3.63, 3.8) is 0 Å². The van der Waals surface area contributed by atoms with Gasteiger partial charge in [-0.3, -0.25) is 4.79 Å². The first-order chi connectivity index (χ1) is 20.8. The number of carbonyl (C=O) groups is 1. The normalized spacial score (nSPS) is 16.8. The van der Waals surface area contributed by atoms with E-state index in [0.29, 0.717) is 47.9 Å². The van der Waals surface area contributed by atoms with Crippen molar-refractivity contribution in [2.45, 2.75) is 19.0 Å². The molecule has 2 aliphatic heterocycles. The molecule has 2 aliphatic rings. The first-order valence-corrected chi connectivity index (χ1v) is 14.0. The van der Waals surface area contributed by atoms with Crippen LogP contribution in [0.2, 0.25) is 0 Å². The van der Waals surface area contributed by atoms with Crippen LogP contribution in [-0.2, 0) is 23.8 Å². The number of benzene rings is 3. The molecule has 1 fully saturated rings. The fourth-order valence-electron chi connectivity index (χ4n) is 4.75. The number of rotatable bonds is 6. The average Bonchev–Trinajstić information content (AvgIpc) is 3.35. The predicted molar refractivity (Wildman–Crippen MR) is 154 cm³/mol. The number of aromatic hydroxyl groups is 1. The van der Waals surface area contributed by atoms with Gasteiger partial charge < -0.3 is 24.4 Å². The number of alkyl halides is 6. The fraction of sp³-hybridized carbons (Fsp3) is 0.267. The number of hydrogen-bond acceptors (Lipinski definition) is 7. The van der Waals surface area contributed by atoms with Crippen molar-refractivity contribution in [1.29, 1.82) is 0 Å². The largest absolute Gasteiger partial charge is 0.506 e. The number of carbonyl (C=O) groups excluding carboxylic acids is 1. The zero-order valence-corrected chi connectivity index (χ0v) is 23.9. The number of aliphatic imine (C=N–C) groups is 1. The summed E-state index contributed by atoms with van der Waals surface area (Å²) in [6.45, 7) is 1.78. The molecule has 0 atom stereocenters. The molecule has 0 bridgehead atoms. The first-order valence-electron chi connectivity index (χ1n) is 13.2. The minimum Gasteiger partial charge on any atom is -0.506 e. The number of thioether (sulfide) groups is 1. The number of hydrogen-bond donors (Lipinski definition) is 1. The lowest BCUT2D eigenvalue weighted by Crippen LogP contribution is -2.47. The van der Waals surface area contributed by atoms with Crippen molar-refractivity contribution in [3.8, 4) is 17.2 Å². The quantitative estimate of drug-likeness (QED) is 0.235. The Morgan fingerprint density at radius 1 is 0.909 bits per heavy atom. The third kappa shape index (κ3) is 6.90. The van der Waals surface area contributed by atoms with E-state index in [1.165, 1.54) is 31.0 Å². The van der Waals surface area contributed by atoms with Gasteiger partial charge in [-0.05, 0) is 59.8 Å². The molecule has 0 aliphatic carbocycles. The number of amidine groups is 1. The fourth-order valence-corrected chi connectivity index (χ4v) is 5.71. The van der Waals surface area contributed by atoms with E-state index in [2.05, 4.69) is 9.89 Å². The Morgan fingerprint density at radius 3 is 2.27 bits per heavy atom. The predicted octanol–water partition coefficient (Wildman–Crippen LogP) is 6.81. The summed E-state index contributed by atoms with van der Waals surface area (Å²) in [6.07, 6.45) is -8.35. The van der Waals surface area contributed by atoms with Crippen LogP contribution in [0.15, 0.2) is 70.6 Å². The van der Waals surface area contributed by atoms with E-state index < -0.39 is 41.6 Å². The molecule has 0 aromatic heterocycles. The molecular formula is C30H25F6N3O4S. The molecule has 5 rings (SSSR count). The third-order valence-corrected chi connectivity index (χ3v) is 8.04. The van der Waals surface area contributed by atoms with E-state index in [1.54, 1.807) is 24.3 Å². The minimum absolute atomic E-state index is 0.0614. The summed E-state index contributed by atoms with van der Waals surface area (Å²) >= 11 is 1.21. The maximum atomic E-state index is 13.5. The first kappa shape index (κ1) is 31.1. The van der Waals surface area contributed by atoms with Crippen LogP contribution in [0.25, 0.3) is 6.08 Å². The standard InChI is InChI=1S/C30H25F6N3O4S/c1-42-25-14-18(6-9-24(25)43-17-19-7-8-20(29(31,32)33)16-21(19)30(34,35)36)15-26-27(41)37-28(44-26)39-12-10-38(11-13-39)22-4-2-3-5-23(22)40/h2-9,14-16,40H,10-13,17H2,1H3/b26-15-. The molecule has 1 saturated heterocycles. The lowest BCUT2D eigenvalue weighted by molar-refractivity contribution is -0.143. The lowest BCUT2D eigenvalue weighted by Gasteiger charge is -2.36. The van der Waals surface area contributed by atoms with Gasteiger partial charge in [0.15, 0.2) is 16.7 Å². The number of nitrogens with zero attached hydrogens (tertiary/aromatic N) is 3. The molecule has 1 N–H and O–H groups in total. The number of methoxy groups -OCH3 is 1. The van der Waals surface area contributed by atoms with Gasteiger partial charge in [0.25, 0.3) is 5.91 Å². The molecule has 0 saturated carbocycles. The Balaban J connectivity index is 1.25. The second kappa shape index (κ2) is 12.3. The Hall–Kier alpha value is -4.33. The Labute approximate surface area is 252 Å². The van der Waals surface area contributed by atoms with Crippen LogP contribution in [-0.4, -0.2) is 54.4 Å². The zero-order valence-electron chi connectivity index (χ0n) is 23.1. The average molecular weight is 638 g/mol. The van der Waals surface area contributed by atoms with Gasteiger partial charge in [-0.1, -0.05) is 24.3 Å². The van der Waals surface area contributed by atoms with Gasteiger partial charge in [-0.15, -0.1) is 0 Å². The smallest absolute Gasteiger partial charge is 0.416 e. The van der Waals surface area contributed by atoms with Crippen molar-refractivity contribution < 1.29 is 45.7 Å². The van der Waals surface area contributed by atoms with Gasteiger partial charge in [0.2, 0.25) is 0 Å². The molecular weight excluding hydrogens is 612 g/mol. The number of amides is 1. The van der Waals surface area contributed by atoms with Crippen LogP contribution in [0.4, 0.5) is 32.0 Å². The van der Waals surface area contributed by atoms with Crippen molar-refractivity contribution in [2.24, 2.45) is 4.99 Å². The summed E-state index contributed by atoms with van der Waals surface area (Å²) in [4.78, 5) is 21.3. The molecule has 0 unspecified atom stereocenters. The van der Waals surface area contributed by atoms with E-state index in [9.17, 15) is 36.2 Å². The van der Waals surface area contributed by atoms with Gasteiger partial charge in [-0.25, -0.2) is 0 Å². The maximum Gasteiger partial charge on any atom is 0.416 e. The summed E-state index contributed by atoms with van der Waals surface area (Å²) in [5, 5.41) is 10.7. The van der Waals surface area contributed by atoms with Crippen molar-refractivity contribution in [1.82, 2.24) is 4.90 Å². The van der Waals surface area contributed by atoms with Crippen LogP contribution in [0, 0.1) is 0 Å². The molecule has 7 nitrogen and oxygen atoms in total. The van der Waals surface area contributed by atoms with Crippen molar-refractivity contribution in [3.05, 3.63) is 87.8 Å². The molecule has 14 heteroatoms. The summed E-state index contributed by atoms with van der Waals surface area (Å²) in [5.41, 5.74) is -2.05. The summed E-state index contributed by atoms with van der Waals surface area (Å²) < 4.78 is 90.3. The van der Waals surface area contributed by atoms with Gasteiger partial charge in [0.05, 0.1) is 28.8 Å². The van der Waals surface area contributed by atoms with E-state index >= 15 is 0 Å². The number of phenols is 1. The monoisotopic (exact) mass is 637 g/mol. The van der Waals surface area contributed by atoms with Gasteiger partial charge in [0, 0.05) is 31.7 Å². The van der Waals surface area contributed by atoms with Crippen LogP contribution < -0.4 is 14.4 Å². The minimum atomic E-state index is -5.02. The molecule has 3 aromatic carbocycles. The molecule has 3 aromatic rings. The SMILES string of the molecule is COc1cc(/C=C2\SC(N3CCN(c4ccccc4O)CC3)=NC2=O)ccc1OCc1ccc(C(F)(F)F)cc1C(F)(F)F. The van der Waals surface area contributed by atoms with Crippen molar-refractivity contribution in [2.75, 3.05) is 38.2 Å². The highest BCUT2D eigenvalue weighted by Crippen LogP contribution is 2.39. The van der Waals surface area contributed by atoms with Gasteiger partial charge in [0.1, 0.15) is 12.4 Å². The summed E-state index contributed by atoms with van der Waals surface area (Å²) in [6, 6.07) is 13.0. The third-order valence-electron chi connectivity index (χ3n) is 6.99. The molecule has 232 valence electrons. The van der Waals surface area contributed by atoms with Crippen LogP contribution in [0.1, 0.15) is 22.3 Å². The van der Waals surface area contributed by atoms with E-state index in [-0.39, 0.29) is 23.3 Å². The van der Waals surface area contributed by atoms with E-state index in [1.807, 2.05) is 17.0 Å². The maximum absolute atomic E-state index is 13.5. The second-order valence-electron chi connectivity index (χ2n) is 9.84. The van der Waals surface area contributed by atoms with E-state index in [0.717, 1.165) is 11.8 Å². The highest BCUT2D eigenvalue weighted by molar-refractivity contribution is 8.18.